The number of allylic oxidation sites excluding steroid dienone is 1. The maximum atomic E-state index is 13.3. The maximum absolute atomic E-state index is 13.3. The van der Waals surface area contributed by atoms with Gasteiger partial charge in [0.05, 0.1) is 17.7 Å². The molecule has 0 amide bonds. The van der Waals surface area contributed by atoms with Gasteiger partial charge in [-0.3, -0.25) is 9.69 Å². The zero-order valence-electron chi connectivity index (χ0n) is 18.2. The normalized spacial score (nSPS) is 16.4. The van der Waals surface area contributed by atoms with Gasteiger partial charge in [-0.25, -0.2) is 0 Å². The fraction of sp³-hybridized carbons (Fsp3) is 0.269. The SMILES string of the molecule is CCOc1ccccc1/C=C1\Oc2c3c(cc(C)c2C1=O)OCN(CCc1cccs1)C3. The van der Waals surface area contributed by atoms with Gasteiger partial charge in [0.2, 0.25) is 5.78 Å². The number of fused-ring (bicyclic) bond motifs is 3. The summed E-state index contributed by atoms with van der Waals surface area (Å²) < 4.78 is 17.9. The highest BCUT2D eigenvalue weighted by Gasteiger charge is 2.35. The summed E-state index contributed by atoms with van der Waals surface area (Å²) in [4.78, 5) is 16.9. The fourth-order valence-corrected chi connectivity index (χ4v) is 4.87. The molecular weight excluding hydrogens is 422 g/mol. The summed E-state index contributed by atoms with van der Waals surface area (Å²) in [5.41, 5.74) is 3.27. The Hall–Kier alpha value is -3.09. The highest BCUT2D eigenvalue weighted by Crippen LogP contribution is 2.44. The van der Waals surface area contributed by atoms with Crippen molar-refractivity contribution in [3.05, 3.63) is 80.7 Å². The Kier molecular flexibility index (Phi) is 5.72. The number of rotatable bonds is 6. The Morgan fingerprint density at radius 3 is 2.91 bits per heavy atom. The van der Waals surface area contributed by atoms with E-state index < -0.39 is 0 Å². The molecule has 0 radical (unpaired) electrons. The van der Waals surface area contributed by atoms with Crippen LogP contribution in [-0.2, 0) is 13.0 Å². The first-order valence-corrected chi connectivity index (χ1v) is 11.7. The molecule has 5 rings (SSSR count). The molecule has 2 aromatic carbocycles. The number of ether oxygens (including phenoxy) is 3. The number of carbonyl (C=O) groups is 1. The molecule has 2 aliphatic heterocycles. The Morgan fingerprint density at radius 2 is 2.09 bits per heavy atom. The van der Waals surface area contributed by atoms with E-state index in [1.807, 2.05) is 44.2 Å². The molecule has 0 fully saturated rings. The zero-order chi connectivity index (χ0) is 22.1. The summed E-state index contributed by atoms with van der Waals surface area (Å²) in [7, 11) is 0. The molecular formula is C26H25NO4S. The van der Waals surface area contributed by atoms with Gasteiger partial charge in [0.1, 0.15) is 24.0 Å². The number of Topliss-reactive ketones (excluding diaryl/α,β-unsaturated/α-hetero) is 1. The van der Waals surface area contributed by atoms with Crippen molar-refractivity contribution in [1.82, 2.24) is 4.90 Å². The first-order valence-electron chi connectivity index (χ1n) is 10.8. The summed E-state index contributed by atoms with van der Waals surface area (Å²) in [6, 6.07) is 13.9. The minimum absolute atomic E-state index is 0.0951. The van der Waals surface area contributed by atoms with Crippen LogP contribution >= 0.6 is 11.3 Å². The molecule has 3 heterocycles. The molecule has 0 saturated heterocycles. The molecule has 6 heteroatoms. The van der Waals surface area contributed by atoms with E-state index in [4.69, 9.17) is 14.2 Å². The molecule has 0 bridgehead atoms. The summed E-state index contributed by atoms with van der Waals surface area (Å²) in [6.45, 7) is 6.55. The van der Waals surface area contributed by atoms with Crippen molar-refractivity contribution in [2.45, 2.75) is 26.8 Å². The third-order valence-electron chi connectivity index (χ3n) is 5.75. The van der Waals surface area contributed by atoms with Gasteiger partial charge in [-0.2, -0.15) is 0 Å². The number of ketones is 1. The van der Waals surface area contributed by atoms with Crippen molar-refractivity contribution in [3.8, 4) is 17.2 Å². The number of thiophene rings is 1. The highest BCUT2D eigenvalue weighted by atomic mass is 32.1. The standard InChI is InChI=1S/C26H25NO4S/c1-3-29-21-9-5-4-7-18(21)14-23-25(28)24-17(2)13-22-20(26(24)31-23)15-27(16-30-22)11-10-19-8-6-12-32-19/h4-9,12-14H,3,10-11,15-16H2,1-2H3/b23-14-. The molecule has 0 unspecified atom stereocenters. The quantitative estimate of drug-likeness (QED) is 0.469. The zero-order valence-corrected chi connectivity index (χ0v) is 19.0. The molecule has 5 nitrogen and oxygen atoms in total. The van der Waals surface area contributed by atoms with Crippen LogP contribution in [-0.4, -0.2) is 30.6 Å². The van der Waals surface area contributed by atoms with E-state index in [9.17, 15) is 4.79 Å². The van der Waals surface area contributed by atoms with E-state index in [0.717, 1.165) is 41.2 Å². The van der Waals surface area contributed by atoms with Crippen LogP contribution in [0.1, 0.15) is 38.8 Å². The summed E-state index contributed by atoms with van der Waals surface area (Å²) in [5.74, 6) is 2.39. The predicted octanol–water partition coefficient (Wildman–Crippen LogP) is 5.47. The van der Waals surface area contributed by atoms with E-state index in [0.29, 0.717) is 37.0 Å². The van der Waals surface area contributed by atoms with Crippen LogP contribution in [0.15, 0.2) is 53.6 Å². The monoisotopic (exact) mass is 447 g/mol. The Bertz CT molecular complexity index is 1180. The molecule has 0 saturated carbocycles. The summed E-state index contributed by atoms with van der Waals surface area (Å²) in [6.07, 6.45) is 2.75. The van der Waals surface area contributed by atoms with Crippen LogP contribution in [0.4, 0.5) is 0 Å². The van der Waals surface area contributed by atoms with Crippen LogP contribution < -0.4 is 14.2 Å². The topological polar surface area (TPSA) is 48.0 Å². The number of nitrogens with zero attached hydrogens (tertiary/aromatic N) is 1. The van der Waals surface area contributed by atoms with E-state index in [1.54, 1.807) is 17.4 Å². The van der Waals surface area contributed by atoms with E-state index in [1.165, 1.54) is 4.88 Å². The van der Waals surface area contributed by atoms with Crippen LogP contribution in [0.25, 0.3) is 6.08 Å². The first-order chi connectivity index (χ1) is 15.6. The van der Waals surface area contributed by atoms with Crippen LogP contribution in [0.2, 0.25) is 0 Å². The lowest BCUT2D eigenvalue weighted by atomic mass is 9.98. The lowest BCUT2D eigenvalue weighted by Gasteiger charge is -2.30. The average Bonchev–Trinajstić information content (AvgIpc) is 3.43. The third kappa shape index (κ3) is 3.92. The van der Waals surface area contributed by atoms with E-state index in [2.05, 4.69) is 22.4 Å². The molecule has 0 atom stereocenters. The molecule has 3 aromatic rings. The number of benzene rings is 2. The van der Waals surface area contributed by atoms with Gasteiger partial charge in [-0.1, -0.05) is 24.3 Å². The van der Waals surface area contributed by atoms with Gasteiger partial charge in [-0.15, -0.1) is 11.3 Å². The molecule has 0 spiro atoms. The van der Waals surface area contributed by atoms with Gasteiger partial charge >= 0.3 is 0 Å². The van der Waals surface area contributed by atoms with Crippen molar-refractivity contribution >= 4 is 23.2 Å². The molecule has 2 aliphatic rings. The third-order valence-corrected chi connectivity index (χ3v) is 6.68. The van der Waals surface area contributed by atoms with Gasteiger partial charge in [0, 0.05) is 23.5 Å². The Morgan fingerprint density at radius 1 is 1.22 bits per heavy atom. The first kappa shape index (κ1) is 20.8. The minimum atomic E-state index is -0.0951. The number of hydrogen-bond acceptors (Lipinski definition) is 6. The average molecular weight is 448 g/mol. The lowest BCUT2D eigenvalue weighted by molar-refractivity contribution is 0.0951. The summed E-state index contributed by atoms with van der Waals surface area (Å²) >= 11 is 1.77. The maximum Gasteiger partial charge on any atom is 0.232 e. The highest BCUT2D eigenvalue weighted by molar-refractivity contribution is 7.09. The van der Waals surface area contributed by atoms with Crippen molar-refractivity contribution in [3.63, 3.8) is 0 Å². The van der Waals surface area contributed by atoms with Gasteiger partial charge in [-0.05, 0) is 55.5 Å². The Balaban J connectivity index is 1.43. The minimum Gasteiger partial charge on any atom is -0.493 e. The molecule has 164 valence electrons. The van der Waals surface area contributed by atoms with E-state index >= 15 is 0 Å². The van der Waals surface area contributed by atoms with E-state index in [-0.39, 0.29) is 5.78 Å². The smallest absolute Gasteiger partial charge is 0.232 e. The van der Waals surface area contributed by atoms with Crippen LogP contribution in [0.5, 0.6) is 17.2 Å². The van der Waals surface area contributed by atoms with Gasteiger partial charge < -0.3 is 14.2 Å². The molecule has 0 N–H and O–H groups in total. The largest absolute Gasteiger partial charge is 0.493 e. The van der Waals surface area contributed by atoms with Crippen molar-refractivity contribution < 1.29 is 19.0 Å². The van der Waals surface area contributed by atoms with Crippen molar-refractivity contribution in [2.75, 3.05) is 19.9 Å². The number of carbonyl (C=O) groups excluding carboxylic acids is 1. The molecule has 0 aliphatic carbocycles. The number of aryl methyl sites for hydroxylation is 1. The Labute approximate surface area is 191 Å². The van der Waals surface area contributed by atoms with Crippen LogP contribution in [0.3, 0.4) is 0 Å². The van der Waals surface area contributed by atoms with Gasteiger partial charge in [0.25, 0.3) is 0 Å². The van der Waals surface area contributed by atoms with Gasteiger partial charge in [0.15, 0.2) is 5.76 Å². The van der Waals surface area contributed by atoms with Crippen molar-refractivity contribution in [1.29, 1.82) is 0 Å². The summed E-state index contributed by atoms with van der Waals surface area (Å²) in [5, 5.41) is 2.10. The van der Waals surface area contributed by atoms with Crippen molar-refractivity contribution in [2.24, 2.45) is 0 Å². The number of para-hydroxylation sites is 1. The number of hydrogen-bond donors (Lipinski definition) is 0. The second kappa shape index (κ2) is 8.81. The lowest BCUT2D eigenvalue weighted by Crippen LogP contribution is -2.33. The second-order valence-corrected chi connectivity index (χ2v) is 8.97. The molecule has 32 heavy (non-hydrogen) atoms. The molecule has 1 aromatic heterocycles. The second-order valence-electron chi connectivity index (χ2n) is 7.94. The fourth-order valence-electron chi connectivity index (χ4n) is 4.17. The predicted molar refractivity (Wildman–Crippen MR) is 126 cm³/mol. The van der Waals surface area contributed by atoms with Crippen LogP contribution in [0, 0.1) is 6.92 Å².